The minimum atomic E-state index is -2.88. The van der Waals surface area contributed by atoms with Gasteiger partial charge in [-0.25, -0.2) is 23.5 Å². The van der Waals surface area contributed by atoms with Gasteiger partial charge in [-0.15, -0.1) is 0 Å². The molecule has 1 aromatic rings. The molecule has 5 nitrogen and oxygen atoms in total. The van der Waals surface area contributed by atoms with Crippen LogP contribution in [0.4, 0.5) is 8.78 Å². The topological polar surface area (TPSA) is 61.3 Å². The van der Waals surface area contributed by atoms with Gasteiger partial charge in [-0.2, -0.15) is 0 Å². The molecule has 0 aliphatic carbocycles. The number of carbonyl (C=O) groups excluding carboxylic acids is 1. The lowest BCUT2D eigenvalue weighted by Gasteiger charge is -2.14. The number of esters is 1. The lowest BCUT2D eigenvalue weighted by atomic mass is 10.2. The third kappa shape index (κ3) is 3.66. The summed E-state index contributed by atoms with van der Waals surface area (Å²) in [5.74, 6) is -0.719. The summed E-state index contributed by atoms with van der Waals surface area (Å²) in [4.78, 5) is 19.2. The zero-order chi connectivity index (χ0) is 14.4. The third-order valence-corrected chi connectivity index (χ3v) is 2.48. The quantitative estimate of drug-likeness (QED) is 0.746. The fourth-order valence-electron chi connectivity index (χ4n) is 1.55. The summed E-state index contributed by atoms with van der Waals surface area (Å²) >= 11 is 0. The van der Waals surface area contributed by atoms with Crippen LogP contribution in [0.25, 0.3) is 0 Å². The summed E-state index contributed by atoms with van der Waals surface area (Å²) in [5.41, 5.74) is -0.939. The summed E-state index contributed by atoms with van der Waals surface area (Å²) in [6, 6.07) is 0. The number of rotatable bonds is 6. The molecule has 19 heavy (non-hydrogen) atoms. The zero-order valence-electron chi connectivity index (χ0n) is 11.0. The van der Waals surface area contributed by atoms with Crippen molar-refractivity contribution in [2.75, 3.05) is 13.7 Å². The van der Waals surface area contributed by atoms with E-state index in [1.807, 2.05) is 6.92 Å². The molecule has 7 heteroatoms. The van der Waals surface area contributed by atoms with Crippen LogP contribution < -0.4 is 0 Å². The first-order valence-corrected chi connectivity index (χ1v) is 5.89. The number of methoxy groups -OCH3 is 1. The summed E-state index contributed by atoms with van der Waals surface area (Å²) in [5, 5.41) is 0. The Bertz CT molecular complexity index is 437. The molecule has 1 atom stereocenters. The third-order valence-electron chi connectivity index (χ3n) is 2.48. The van der Waals surface area contributed by atoms with E-state index in [2.05, 4.69) is 14.7 Å². The molecular formula is C12H16F2N2O3. The Balaban J connectivity index is 3.18. The van der Waals surface area contributed by atoms with Crippen molar-refractivity contribution in [3.8, 4) is 0 Å². The van der Waals surface area contributed by atoms with Crippen LogP contribution >= 0.6 is 0 Å². The Morgan fingerprint density at radius 1 is 1.42 bits per heavy atom. The van der Waals surface area contributed by atoms with Gasteiger partial charge in [0.2, 0.25) is 0 Å². The Morgan fingerprint density at radius 2 is 2.11 bits per heavy atom. The molecule has 0 spiro atoms. The van der Waals surface area contributed by atoms with Crippen LogP contribution in [0.3, 0.4) is 0 Å². The van der Waals surface area contributed by atoms with Crippen LogP contribution in [0.5, 0.6) is 0 Å². The molecule has 1 unspecified atom stereocenters. The van der Waals surface area contributed by atoms with E-state index in [-0.39, 0.29) is 18.0 Å². The van der Waals surface area contributed by atoms with Gasteiger partial charge in [0.05, 0.1) is 6.61 Å². The molecule has 106 valence electrons. The Hall–Kier alpha value is -1.63. The number of hydrogen-bond acceptors (Lipinski definition) is 5. The van der Waals surface area contributed by atoms with Gasteiger partial charge >= 0.3 is 5.97 Å². The highest BCUT2D eigenvalue weighted by molar-refractivity contribution is 5.90. The van der Waals surface area contributed by atoms with E-state index in [1.54, 1.807) is 6.92 Å². The Labute approximate surface area is 110 Å². The fourth-order valence-corrected chi connectivity index (χ4v) is 1.55. The molecule has 0 saturated carbocycles. The van der Waals surface area contributed by atoms with Crippen LogP contribution in [0, 0.1) is 0 Å². The van der Waals surface area contributed by atoms with Crippen molar-refractivity contribution >= 4 is 5.97 Å². The molecule has 0 bridgehead atoms. The maximum Gasteiger partial charge on any atom is 0.341 e. The van der Waals surface area contributed by atoms with Crippen LogP contribution in [0.1, 0.15) is 54.7 Å². The van der Waals surface area contributed by atoms with E-state index < -0.39 is 24.2 Å². The number of ether oxygens (including phenoxy) is 2. The Morgan fingerprint density at radius 3 is 2.58 bits per heavy atom. The SMILES string of the molecule is CCOC(=O)c1cnc(C(CC)OC)nc1C(F)F. The van der Waals surface area contributed by atoms with Crippen molar-refractivity contribution in [2.45, 2.75) is 32.8 Å². The second-order valence-electron chi connectivity index (χ2n) is 3.68. The second-order valence-corrected chi connectivity index (χ2v) is 3.68. The van der Waals surface area contributed by atoms with Crippen LogP contribution in [0.15, 0.2) is 6.20 Å². The highest BCUT2D eigenvalue weighted by Gasteiger charge is 2.24. The largest absolute Gasteiger partial charge is 0.462 e. The standard InChI is InChI=1S/C12H16F2N2O3/c1-4-8(18-3)11-15-6-7(12(17)19-5-2)9(16-11)10(13)14/h6,8,10H,4-5H2,1-3H3. The molecule has 0 saturated heterocycles. The first kappa shape index (κ1) is 15.4. The predicted molar refractivity (Wildman–Crippen MR) is 63.0 cm³/mol. The highest BCUT2D eigenvalue weighted by atomic mass is 19.3. The summed E-state index contributed by atoms with van der Waals surface area (Å²) in [6.45, 7) is 3.50. The molecule has 0 fully saturated rings. The van der Waals surface area contributed by atoms with Gasteiger partial charge in [0.1, 0.15) is 17.4 Å². The maximum atomic E-state index is 12.9. The van der Waals surface area contributed by atoms with Crippen LogP contribution in [0.2, 0.25) is 0 Å². The van der Waals surface area contributed by atoms with Crippen LogP contribution in [-0.4, -0.2) is 29.7 Å². The number of halogens is 2. The van der Waals surface area contributed by atoms with Crippen LogP contribution in [-0.2, 0) is 9.47 Å². The monoisotopic (exact) mass is 274 g/mol. The van der Waals surface area contributed by atoms with Gasteiger partial charge in [-0.1, -0.05) is 6.92 Å². The van der Waals surface area contributed by atoms with E-state index in [0.29, 0.717) is 6.42 Å². The van der Waals surface area contributed by atoms with Crippen molar-refractivity contribution < 1.29 is 23.0 Å². The lowest BCUT2D eigenvalue weighted by Crippen LogP contribution is -2.15. The zero-order valence-corrected chi connectivity index (χ0v) is 11.0. The molecule has 0 radical (unpaired) electrons. The number of hydrogen-bond donors (Lipinski definition) is 0. The van der Waals surface area contributed by atoms with Crippen molar-refractivity contribution in [3.05, 3.63) is 23.3 Å². The van der Waals surface area contributed by atoms with Crippen molar-refractivity contribution in [1.82, 2.24) is 9.97 Å². The molecule has 0 aromatic carbocycles. The van der Waals surface area contributed by atoms with Gasteiger partial charge in [0.15, 0.2) is 5.82 Å². The predicted octanol–water partition coefficient (Wildman–Crippen LogP) is 2.69. The van der Waals surface area contributed by atoms with E-state index in [0.717, 1.165) is 6.20 Å². The first-order chi connectivity index (χ1) is 9.04. The van der Waals surface area contributed by atoms with Gasteiger partial charge < -0.3 is 9.47 Å². The summed E-state index contributed by atoms with van der Waals surface area (Å²) in [6.07, 6.45) is -1.76. The molecule has 0 N–H and O–H groups in total. The lowest BCUT2D eigenvalue weighted by molar-refractivity contribution is 0.0509. The number of nitrogens with zero attached hydrogens (tertiary/aromatic N) is 2. The molecule has 0 aliphatic rings. The normalized spacial score (nSPS) is 12.5. The highest BCUT2D eigenvalue weighted by Crippen LogP contribution is 2.24. The summed E-state index contributed by atoms with van der Waals surface area (Å²) in [7, 11) is 1.44. The van der Waals surface area contributed by atoms with Gasteiger partial charge in [0, 0.05) is 13.3 Å². The second kappa shape index (κ2) is 7.08. The van der Waals surface area contributed by atoms with E-state index >= 15 is 0 Å². The molecule has 1 heterocycles. The molecule has 0 aliphatic heterocycles. The van der Waals surface area contributed by atoms with Gasteiger partial charge in [-0.3, -0.25) is 0 Å². The van der Waals surface area contributed by atoms with Crippen molar-refractivity contribution in [2.24, 2.45) is 0 Å². The number of carbonyl (C=O) groups is 1. The van der Waals surface area contributed by atoms with Gasteiger partial charge in [-0.05, 0) is 13.3 Å². The molecular weight excluding hydrogens is 258 g/mol. The minimum absolute atomic E-state index is 0.0961. The van der Waals surface area contributed by atoms with Gasteiger partial charge in [0.25, 0.3) is 6.43 Å². The van der Waals surface area contributed by atoms with E-state index in [9.17, 15) is 13.6 Å². The van der Waals surface area contributed by atoms with Crippen molar-refractivity contribution in [3.63, 3.8) is 0 Å². The van der Waals surface area contributed by atoms with Crippen molar-refractivity contribution in [1.29, 1.82) is 0 Å². The first-order valence-electron chi connectivity index (χ1n) is 5.89. The molecule has 1 rings (SSSR count). The summed E-state index contributed by atoms with van der Waals surface area (Å²) < 4.78 is 35.7. The molecule has 0 amide bonds. The average molecular weight is 274 g/mol. The Kier molecular flexibility index (Phi) is 5.75. The minimum Gasteiger partial charge on any atom is -0.462 e. The van der Waals surface area contributed by atoms with E-state index in [4.69, 9.17) is 4.74 Å². The smallest absolute Gasteiger partial charge is 0.341 e. The number of aromatic nitrogens is 2. The number of alkyl halides is 2. The molecule has 1 aromatic heterocycles. The maximum absolute atomic E-state index is 12.9. The average Bonchev–Trinajstić information content (AvgIpc) is 2.40. The van der Waals surface area contributed by atoms with E-state index in [1.165, 1.54) is 7.11 Å². The fraction of sp³-hybridized carbons (Fsp3) is 0.583.